The molecule has 2 fully saturated rings. The molecule has 0 atom stereocenters. The van der Waals surface area contributed by atoms with Gasteiger partial charge < -0.3 is 15.1 Å². The van der Waals surface area contributed by atoms with E-state index in [0.29, 0.717) is 0 Å². The van der Waals surface area contributed by atoms with Crippen molar-refractivity contribution in [2.45, 2.75) is 44.9 Å². The minimum atomic E-state index is 0.0311. The van der Waals surface area contributed by atoms with Gasteiger partial charge in [0.15, 0.2) is 0 Å². The summed E-state index contributed by atoms with van der Waals surface area (Å²) in [5.41, 5.74) is 3.79. The van der Waals surface area contributed by atoms with Gasteiger partial charge in [-0.2, -0.15) is 0 Å². The van der Waals surface area contributed by atoms with Gasteiger partial charge in [0.25, 0.3) is 0 Å². The molecule has 4 rings (SSSR count). The number of hydrogen-bond donors (Lipinski definition) is 1. The SMILES string of the molecule is O=C(Nc1ccc(N2CCCC2)cc1)N1CCN(CCC2=CCCCC2)CC1. The fourth-order valence-corrected chi connectivity index (χ4v) is 4.54. The highest BCUT2D eigenvalue weighted by molar-refractivity contribution is 5.89. The third-order valence-corrected chi connectivity index (χ3v) is 6.38. The van der Waals surface area contributed by atoms with Gasteiger partial charge in [0.2, 0.25) is 0 Å². The lowest BCUT2D eigenvalue weighted by Crippen LogP contribution is -2.50. The van der Waals surface area contributed by atoms with E-state index in [0.717, 1.165) is 51.5 Å². The molecule has 0 aromatic heterocycles. The highest BCUT2D eigenvalue weighted by Gasteiger charge is 2.21. The van der Waals surface area contributed by atoms with Gasteiger partial charge in [-0.25, -0.2) is 4.79 Å². The Balaban J connectivity index is 1.20. The molecule has 0 saturated carbocycles. The number of benzene rings is 1. The maximum atomic E-state index is 12.6. The number of piperazine rings is 1. The minimum absolute atomic E-state index is 0.0311. The molecule has 2 amide bonds. The molecule has 28 heavy (non-hydrogen) atoms. The number of amides is 2. The first kappa shape index (κ1) is 19.3. The van der Waals surface area contributed by atoms with Crippen molar-refractivity contribution in [3.05, 3.63) is 35.9 Å². The van der Waals surface area contributed by atoms with Crippen LogP contribution in [0, 0.1) is 0 Å². The summed E-state index contributed by atoms with van der Waals surface area (Å²) in [6.07, 6.45) is 11.5. The van der Waals surface area contributed by atoms with Crippen LogP contribution in [-0.2, 0) is 0 Å². The zero-order chi connectivity index (χ0) is 19.2. The molecule has 0 spiro atoms. The van der Waals surface area contributed by atoms with Crippen LogP contribution >= 0.6 is 0 Å². The zero-order valence-electron chi connectivity index (χ0n) is 17.0. The Morgan fingerprint density at radius 2 is 1.64 bits per heavy atom. The van der Waals surface area contributed by atoms with Crippen LogP contribution < -0.4 is 10.2 Å². The van der Waals surface area contributed by atoms with Gasteiger partial charge in [0.05, 0.1) is 0 Å². The van der Waals surface area contributed by atoms with Gasteiger partial charge in [-0.1, -0.05) is 11.6 Å². The highest BCUT2D eigenvalue weighted by Crippen LogP contribution is 2.23. The van der Waals surface area contributed by atoms with Crippen LogP contribution in [0.5, 0.6) is 0 Å². The van der Waals surface area contributed by atoms with Gasteiger partial charge in [0.1, 0.15) is 0 Å². The summed E-state index contributed by atoms with van der Waals surface area (Å²) in [6.45, 7) is 7.02. The number of allylic oxidation sites excluding steroid dienone is 1. The van der Waals surface area contributed by atoms with E-state index in [1.54, 1.807) is 5.57 Å². The third kappa shape index (κ3) is 5.07. The molecule has 0 unspecified atom stereocenters. The Morgan fingerprint density at radius 3 is 2.32 bits per heavy atom. The van der Waals surface area contributed by atoms with E-state index in [1.165, 1.54) is 50.6 Å². The molecule has 1 aromatic rings. The molecule has 5 nitrogen and oxygen atoms in total. The molecular formula is C23H34N4O. The van der Waals surface area contributed by atoms with Crippen LogP contribution in [0.4, 0.5) is 16.2 Å². The average molecular weight is 383 g/mol. The molecule has 152 valence electrons. The lowest BCUT2D eigenvalue weighted by atomic mass is 9.97. The first-order valence-electron chi connectivity index (χ1n) is 11.1. The van der Waals surface area contributed by atoms with Crippen molar-refractivity contribution in [2.24, 2.45) is 0 Å². The maximum Gasteiger partial charge on any atom is 0.321 e. The second-order valence-electron chi connectivity index (χ2n) is 8.36. The van der Waals surface area contributed by atoms with Gasteiger partial charge in [-0.3, -0.25) is 4.90 Å². The topological polar surface area (TPSA) is 38.8 Å². The van der Waals surface area contributed by atoms with Crippen LogP contribution in [0.1, 0.15) is 44.9 Å². The fourth-order valence-electron chi connectivity index (χ4n) is 4.54. The number of hydrogen-bond acceptors (Lipinski definition) is 3. The number of nitrogens with zero attached hydrogens (tertiary/aromatic N) is 3. The molecule has 1 aliphatic carbocycles. The Labute approximate surface area is 169 Å². The molecule has 2 aliphatic heterocycles. The van der Waals surface area contributed by atoms with Crippen molar-refractivity contribution >= 4 is 17.4 Å². The molecule has 1 N–H and O–H groups in total. The van der Waals surface area contributed by atoms with Crippen molar-refractivity contribution in [2.75, 3.05) is 56.0 Å². The normalized spacial score (nSPS) is 20.9. The Hall–Kier alpha value is -2.01. The van der Waals surface area contributed by atoms with E-state index in [4.69, 9.17) is 0 Å². The van der Waals surface area contributed by atoms with Gasteiger partial charge >= 0.3 is 6.03 Å². The Morgan fingerprint density at radius 1 is 0.893 bits per heavy atom. The van der Waals surface area contributed by atoms with E-state index in [-0.39, 0.29) is 6.03 Å². The number of nitrogens with one attached hydrogen (secondary N) is 1. The van der Waals surface area contributed by atoms with Crippen molar-refractivity contribution in [1.29, 1.82) is 0 Å². The number of carbonyl (C=O) groups excluding carboxylic acids is 1. The second kappa shape index (κ2) is 9.46. The number of carbonyl (C=O) groups is 1. The lowest BCUT2D eigenvalue weighted by Gasteiger charge is -2.35. The number of anilines is 2. The van der Waals surface area contributed by atoms with Crippen molar-refractivity contribution < 1.29 is 4.79 Å². The average Bonchev–Trinajstić information content (AvgIpc) is 3.29. The second-order valence-corrected chi connectivity index (χ2v) is 8.36. The predicted molar refractivity (Wildman–Crippen MR) is 116 cm³/mol. The monoisotopic (exact) mass is 382 g/mol. The van der Waals surface area contributed by atoms with Gasteiger partial charge in [-0.15, -0.1) is 0 Å². The summed E-state index contributed by atoms with van der Waals surface area (Å²) in [7, 11) is 0. The van der Waals surface area contributed by atoms with Crippen LogP contribution in [0.15, 0.2) is 35.9 Å². The molecule has 2 heterocycles. The molecular weight excluding hydrogens is 348 g/mol. The summed E-state index contributed by atoms with van der Waals surface area (Å²) < 4.78 is 0. The van der Waals surface area contributed by atoms with Gasteiger partial charge in [-0.05, 0) is 69.2 Å². The first-order chi connectivity index (χ1) is 13.8. The maximum absolute atomic E-state index is 12.6. The van der Waals surface area contributed by atoms with E-state index in [9.17, 15) is 4.79 Å². The molecule has 0 bridgehead atoms. The summed E-state index contributed by atoms with van der Waals surface area (Å²) in [5.74, 6) is 0. The predicted octanol–water partition coefficient (Wildman–Crippen LogP) is 4.33. The van der Waals surface area contributed by atoms with Crippen LogP contribution in [0.2, 0.25) is 0 Å². The molecule has 3 aliphatic rings. The molecule has 0 radical (unpaired) electrons. The molecule has 1 aromatic carbocycles. The standard InChI is InChI=1S/C23H34N4O/c28-23(24-21-8-10-22(11-9-21)26-13-4-5-14-26)27-18-16-25(17-19-27)15-12-20-6-2-1-3-7-20/h6,8-11H,1-5,7,12-19H2,(H,24,28). The summed E-state index contributed by atoms with van der Waals surface area (Å²) >= 11 is 0. The van der Waals surface area contributed by atoms with Crippen LogP contribution in [-0.4, -0.2) is 61.6 Å². The third-order valence-electron chi connectivity index (χ3n) is 6.38. The minimum Gasteiger partial charge on any atom is -0.372 e. The first-order valence-corrected chi connectivity index (χ1v) is 11.1. The van der Waals surface area contributed by atoms with Crippen molar-refractivity contribution in [1.82, 2.24) is 9.80 Å². The van der Waals surface area contributed by atoms with Crippen molar-refractivity contribution in [3.8, 4) is 0 Å². The van der Waals surface area contributed by atoms with E-state index in [2.05, 4.69) is 33.3 Å². The highest BCUT2D eigenvalue weighted by atomic mass is 16.2. The van der Waals surface area contributed by atoms with E-state index < -0.39 is 0 Å². The van der Waals surface area contributed by atoms with Crippen LogP contribution in [0.25, 0.3) is 0 Å². The van der Waals surface area contributed by atoms with Crippen molar-refractivity contribution in [3.63, 3.8) is 0 Å². The quantitative estimate of drug-likeness (QED) is 0.771. The summed E-state index contributed by atoms with van der Waals surface area (Å²) in [5, 5.41) is 3.07. The van der Waals surface area contributed by atoms with E-state index >= 15 is 0 Å². The van der Waals surface area contributed by atoms with Gasteiger partial charge in [0, 0.05) is 57.2 Å². The number of rotatable bonds is 5. The fraction of sp³-hybridized carbons (Fsp3) is 0.609. The Kier molecular flexibility index (Phi) is 6.53. The smallest absolute Gasteiger partial charge is 0.321 e. The summed E-state index contributed by atoms with van der Waals surface area (Å²) in [6, 6.07) is 8.33. The zero-order valence-corrected chi connectivity index (χ0v) is 17.0. The Bertz CT molecular complexity index is 670. The number of urea groups is 1. The summed E-state index contributed by atoms with van der Waals surface area (Å²) in [4.78, 5) is 19.5. The molecule has 2 saturated heterocycles. The van der Waals surface area contributed by atoms with Crippen LogP contribution in [0.3, 0.4) is 0 Å². The largest absolute Gasteiger partial charge is 0.372 e. The van der Waals surface area contributed by atoms with E-state index in [1.807, 2.05) is 17.0 Å². The lowest BCUT2D eigenvalue weighted by molar-refractivity contribution is 0.148. The molecule has 5 heteroatoms.